The average molecular weight is 247 g/mol. The van der Waals surface area contributed by atoms with Crippen LogP contribution in [0.3, 0.4) is 0 Å². The fourth-order valence-electron chi connectivity index (χ4n) is 2.86. The van der Waals surface area contributed by atoms with Crippen LogP contribution < -0.4 is 4.74 Å². The third-order valence-electron chi connectivity index (χ3n) is 3.87. The van der Waals surface area contributed by atoms with Crippen molar-refractivity contribution < 1.29 is 9.84 Å². The summed E-state index contributed by atoms with van der Waals surface area (Å²) in [5, 5.41) is 12.3. The number of rotatable bonds is 3. The highest BCUT2D eigenvalue weighted by molar-refractivity contribution is 5.58. The average Bonchev–Trinajstić information content (AvgIpc) is 3.03. The number of aliphatic hydroxyl groups is 1. The van der Waals surface area contributed by atoms with E-state index in [-0.39, 0.29) is 24.0 Å². The highest BCUT2D eigenvalue weighted by Crippen LogP contribution is 2.52. The van der Waals surface area contributed by atoms with Crippen molar-refractivity contribution in [2.45, 2.75) is 38.2 Å². The van der Waals surface area contributed by atoms with Crippen LogP contribution in [0.25, 0.3) is 0 Å². The van der Waals surface area contributed by atoms with Gasteiger partial charge in [0.1, 0.15) is 17.0 Å². The molecule has 1 N–H and O–H groups in total. The van der Waals surface area contributed by atoms with Gasteiger partial charge in [0.15, 0.2) is 0 Å². The van der Waals surface area contributed by atoms with Gasteiger partial charge in [-0.2, -0.15) is 0 Å². The lowest BCUT2D eigenvalue weighted by Gasteiger charge is -2.17. The first-order valence-electron chi connectivity index (χ1n) is 6.34. The van der Waals surface area contributed by atoms with Gasteiger partial charge in [-0.15, -0.1) is 4.91 Å². The largest absolute Gasteiger partial charge is 0.487 e. The summed E-state index contributed by atoms with van der Waals surface area (Å²) < 4.78 is 5.88. The standard InChI is InChI=1S/C14H17NO3/c1-14(2)6-8-4-12(15-17)11(5-13(8)18-14)10-3-9(10)7-16/h4-5,9-10,16H,3,6-7H2,1-2H3/t9-,10+/m0/s1. The minimum Gasteiger partial charge on any atom is -0.487 e. The van der Waals surface area contributed by atoms with Crippen LogP contribution >= 0.6 is 0 Å². The Morgan fingerprint density at radius 3 is 2.89 bits per heavy atom. The van der Waals surface area contributed by atoms with Crippen LogP contribution in [-0.2, 0) is 6.42 Å². The Hall–Kier alpha value is -1.42. The first kappa shape index (κ1) is 11.7. The molecular formula is C14H17NO3. The van der Waals surface area contributed by atoms with Crippen molar-refractivity contribution in [3.05, 3.63) is 28.2 Å². The van der Waals surface area contributed by atoms with E-state index in [9.17, 15) is 4.91 Å². The number of fused-ring (bicyclic) bond motifs is 1. The van der Waals surface area contributed by atoms with Crippen LogP contribution in [0.4, 0.5) is 5.69 Å². The molecule has 0 amide bonds. The third kappa shape index (κ3) is 1.81. The summed E-state index contributed by atoms with van der Waals surface area (Å²) >= 11 is 0. The van der Waals surface area contributed by atoms with Crippen LogP contribution in [0.5, 0.6) is 5.75 Å². The van der Waals surface area contributed by atoms with Crippen molar-refractivity contribution >= 4 is 5.69 Å². The summed E-state index contributed by atoms with van der Waals surface area (Å²) in [4.78, 5) is 11.0. The van der Waals surface area contributed by atoms with E-state index in [0.29, 0.717) is 5.69 Å². The molecule has 0 bridgehead atoms. The maximum atomic E-state index is 11.0. The van der Waals surface area contributed by atoms with Gasteiger partial charge in [-0.05, 0) is 55.0 Å². The quantitative estimate of drug-likeness (QED) is 0.835. The van der Waals surface area contributed by atoms with Gasteiger partial charge in [0.2, 0.25) is 0 Å². The van der Waals surface area contributed by atoms with Gasteiger partial charge in [0, 0.05) is 18.6 Å². The SMILES string of the molecule is CC1(C)Cc2cc(N=O)c([C@@H]3C[C@H]3CO)cc2O1. The fraction of sp³-hybridized carbons (Fsp3) is 0.571. The molecule has 0 unspecified atom stereocenters. The highest BCUT2D eigenvalue weighted by Gasteiger charge is 2.41. The third-order valence-corrected chi connectivity index (χ3v) is 3.87. The van der Waals surface area contributed by atoms with Gasteiger partial charge in [0.25, 0.3) is 0 Å². The predicted molar refractivity (Wildman–Crippen MR) is 68.2 cm³/mol. The molecule has 2 atom stereocenters. The Balaban J connectivity index is 1.99. The molecule has 0 spiro atoms. The molecule has 1 saturated carbocycles. The molecule has 1 aromatic rings. The molecule has 1 heterocycles. The Morgan fingerprint density at radius 1 is 1.50 bits per heavy atom. The van der Waals surface area contributed by atoms with Gasteiger partial charge < -0.3 is 9.84 Å². The molecule has 4 nitrogen and oxygen atoms in total. The molecule has 1 aliphatic carbocycles. The van der Waals surface area contributed by atoms with E-state index in [1.54, 1.807) is 0 Å². The summed E-state index contributed by atoms with van der Waals surface area (Å²) in [6.07, 6.45) is 1.74. The zero-order chi connectivity index (χ0) is 12.9. The van der Waals surface area contributed by atoms with Crippen LogP contribution in [0, 0.1) is 10.8 Å². The first-order chi connectivity index (χ1) is 8.54. The van der Waals surface area contributed by atoms with Crippen molar-refractivity contribution in [3.8, 4) is 5.75 Å². The summed E-state index contributed by atoms with van der Waals surface area (Å²) in [5.41, 5.74) is 2.29. The number of hydrogen-bond acceptors (Lipinski definition) is 4. The second-order valence-electron chi connectivity index (χ2n) is 5.93. The van der Waals surface area contributed by atoms with Crippen molar-refractivity contribution in [2.75, 3.05) is 6.61 Å². The molecule has 1 aromatic carbocycles. The Labute approximate surface area is 106 Å². The Bertz CT molecular complexity index is 510. The van der Waals surface area contributed by atoms with E-state index < -0.39 is 0 Å². The van der Waals surface area contributed by atoms with Crippen molar-refractivity contribution in [3.63, 3.8) is 0 Å². The zero-order valence-electron chi connectivity index (χ0n) is 10.6. The lowest BCUT2D eigenvalue weighted by molar-refractivity contribution is 0.138. The molecule has 3 rings (SSSR count). The van der Waals surface area contributed by atoms with Crippen molar-refractivity contribution in [1.29, 1.82) is 0 Å². The second kappa shape index (κ2) is 3.79. The molecule has 2 aliphatic rings. The minimum absolute atomic E-state index is 0.173. The van der Waals surface area contributed by atoms with Gasteiger partial charge in [0.05, 0.1) is 0 Å². The number of ether oxygens (including phenoxy) is 1. The van der Waals surface area contributed by atoms with E-state index in [4.69, 9.17) is 9.84 Å². The predicted octanol–water partition coefficient (Wildman–Crippen LogP) is 2.89. The Morgan fingerprint density at radius 2 is 2.28 bits per heavy atom. The summed E-state index contributed by atoms with van der Waals surface area (Å²) in [6, 6.07) is 3.79. The molecule has 0 radical (unpaired) electrons. The van der Waals surface area contributed by atoms with Crippen molar-refractivity contribution in [2.24, 2.45) is 11.1 Å². The summed E-state index contributed by atoms with van der Waals surface area (Å²) in [5.74, 6) is 1.41. The molecule has 0 saturated heterocycles. The second-order valence-corrected chi connectivity index (χ2v) is 5.93. The summed E-state index contributed by atoms with van der Waals surface area (Å²) in [7, 11) is 0. The van der Waals surface area contributed by atoms with Crippen LogP contribution in [-0.4, -0.2) is 17.3 Å². The van der Waals surface area contributed by atoms with Crippen LogP contribution in [0.1, 0.15) is 37.3 Å². The maximum absolute atomic E-state index is 11.0. The van der Waals surface area contributed by atoms with E-state index in [2.05, 4.69) is 5.18 Å². The number of hydrogen-bond donors (Lipinski definition) is 1. The zero-order valence-corrected chi connectivity index (χ0v) is 10.6. The van der Waals surface area contributed by atoms with Gasteiger partial charge >= 0.3 is 0 Å². The van der Waals surface area contributed by atoms with Gasteiger partial charge in [-0.25, -0.2) is 0 Å². The van der Waals surface area contributed by atoms with E-state index in [0.717, 1.165) is 29.7 Å². The molecule has 4 heteroatoms. The highest BCUT2D eigenvalue weighted by atomic mass is 16.5. The van der Waals surface area contributed by atoms with Crippen LogP contribution in [0.2, 0.25) is 0 Å². The van der Waals surface area contributed by atoms with E-state index >= 15 is 0 Å². The molecule has 1 aliphatic heterocycles. The van der Waals surface area contributed by atoms with Crippen LogP contribution in [0.15, 0.2) is 17.3 Å². The molecular weight excluding hydrogens is 230 g/mol. The minimum atomic E-state index is -0.207. The number of nitrogens with zero attached hydrogens (tertiary/aromatic N) is 1. The Kier molecular flexibility index (Phi) is 2.45. The maximum Gasteiger partial charge on any atom is 0.123 e. The number of benzene rings is 1. The lowest BCUT2D eigenvalue weighted by atomic mass is 9.98. The van der Waals surface area contributed by atoms with E-state index in [1.165, 1.54) is 0 Å². The first-order valence-corrected chi connectivity index (χ1v) is 6.34. The molecule has 96 valence electrons. The number of aliphatic hydroxyl groups excluding tert-OH is 1. The molecule has 18 heavy (non-hydrogen) atoms. The van der Waals surface area contributed by atoms with Gasteiger partial charge in [-0.3, -0.25) is 0 Å². The summed E-state index contributed by atoms with van der Waals surface area (Å²) in [6.45, 7) is 4.25. The van der Waals surface area contributed by atoms with Gasteiger partial charge in [-0.1, -0.05) is 0 Å². The van der Waals surface area contributed by atoms with Crippen molar-refractivity contribution in [1.82, 2.24) is 0 Å². The van der Waals surface area contributed by atoms with E-state index in [1.807, 2.05) is 26.0 Å². The normalized spacial score (nSPS) is 27.5. The monoisotopic (exact) mass is 247 g/mol. The lowest BCUT2D eigenvalue weighted by Crippen LogP contribution is -2.24. The molecule has 1 fully saturated rings. The topological polar surface area (TPSA) is 58.9 Å². The molecule has 0 aromatic heterocycles. The fourth-order valence-corrected chi connectivity index (χ4v) is 2.86. The smallest absolute Gasteiger partial charge is 0.123 e. The number of nitroso groups, excluding NO2 is 1.